The van der Waals surface area contributed by atoms with Crippen molar-refractivity contribution in [1.29, 1.82) is 0 Å². The van der Waals surface area contributed by atoms with Gasteiger partial charge in [0.25, 0.3) is 15.9 Å². The molecule has 0 radical (unpaired) electrons. The lowest BCUT2D eigenvalue weighted by molar-refractivity contribution is 0.0951. The number of benzene rings is 2. The van der Waals surface area contributed by atoms with Gasteiger partial charge in [-0.3, -0.25) is 14.5 Å². The Balaban J connectivity index is 1.75. The van der Waals surface area contributed by atoms with E-state index in [4.69, 9.17) is 0 Å². The first-order valence-electron chi connectivity index (χ1n) is 9.23. The summed E-state index contributed by atoms with van der Waals surface area (Å²) in [7, 11) is -3.94. The van der Waals surface area contributed by atoms with Crippen LogP contribution in [0.5, 0.6) is 0 Å². The van der Waals surface area contributed by atoms with Gasteiger partial charge < -0.3 is 5.32 Å². The highest BCUT2D eigenvalue weighted by Crippen LogP contribution is 2.20. The van der Waals surface area contributed by atoms with Gasteiger partial charge in [-0.25, -0.2) is 8.42 Å². The minimum atomic E-state index is -3.94. The highest BCUT2D eigenvalue weighted by atomic mass is 32.2. The normalized spacial score (nSPS) is 11.1. The molecule has 3 aromatic rings. The Bertz CT molecular complexity index is 1130. The average Bonchev–Trinajstić information content (AvgIpc) is 2.69. The number of pyridine rings is 1. The number of sulfonamides is 1. The molecule has 0 spiro atoms. The van der Waals surface area contributed by atoms with Crippen LogP contribution in [0.1, 0.15) is 27.0 Å². The van der Waals surface area contributed by atoms with E-state index in [0.717, 1.165) is 16.7 Å². The van der Waals surface area contributed by atoms with Gasteiger partial charge in [0.1, 0.15) is 4.90 Å². The molecule has 1 heterocycles. The number of carbonyl (C=O) groups is 1. The van der Waals surface area contributed by atoms with Gasteiger partial charge in [0.05, 0.1) is 17.4 Å². The number of anilines is 1. The molecule has 0 bridgehead atoms. The minimum absolute atomic E-state index is 0.0742. The van der Waals surface area contributed by atoms with Gasteiger partial charge in [0.2, 0.25) is 0 Å². The molecular weight excluding hydrogens is 386 g/mol. The predicted molar refractivity (Wildman–Crippen MR) is 113 cm³/mol. The van der Waals surface area contributed by atoms with Crippen LogP contribution in [0.4, 0.5) is 5.69 Å². The third-order valence-electron chi connectivity index (χ3n) is 4.49. The lowest BCUT2D eigenvalue weighted by Gasteiger charge is -2.13. The van der Waals surface area contributed by atoms with Crippen molar-refractivity contribution in [3.8, 4) is 0 Å². The maximum atomic E-state index is 12.9. The highest BCUT2D eigenvalue weighted by molar-refractivity contribution is 7.92. The molecule has 2 aromatic carbocycles. The van der Waals surface area contributed by atoms with Crippen LogP contribution in [0.15, 0.2) is 71.9 Å². The maximum absolute atomic E-state index is 12.9. The molecule has 0 fully saturated rings. The highest BCUT2D eigenvalue weighted by Gasteiger charge is 2.22. The standard InChI is InChI=1S/C22H23N3O3S/c1-16-13-19(15-23-14-16)25-29(27,28)21-10-6-5-9-20(21)22(26)24-12-11-18-8-4-3-7-17(18)2/h3-10,13-15,25H,11-12H2,1-2H3,(H,24,26). The zero-order chi connectivity index (χ0) is 20.9. The van der Waals surface area contributed by atoms with E-state index >= 15 is 0 Å². The Morgan fingerprint density at radius 2 is 1.72 bits per heavy atom. The molecule has 150 valence electrons. The number of aryl methyl sites for hydroxylation is 2. The van der Waals surface area contributed by atoms with Crippen molar-refractivity contribution < 1.29 is 13.2 Å². The number of amides is 1. The number of aromatic nitrogens is 1. The third-order valence-corrected chi connectivity index (χ3v) is 5.93. The first-order valence-corrected chi connectivity index (χ1v) is 10.7. The van der Waals surface area contributed by atoms with Gasteiger partial charge >= 0.3 is 0 Å². The largest absolute Gasteiger partial charge is 0.352 e. The summed E-state index contributed by atoms with van der Waals surface area (Å²) in [6.45, 7) is 4.25. The Kier molecular flexibility index (Phi) is 6.29. The molecule has 0 saturated carbocycles. The fourth-order valence-electron chi connectivity index (χ4n) is 3.01. The second-order valence-corrected chi connectivity index (χ2v) is 8.44. The van der Waals surface area contributed by atoms with Gasteiger partial charge in [-0.15, -0.1) is 0 Å². The van der Waals surface area contributed by atoms with Crippen LogP contribution in [-0.4, -0.2) is 25.9 Å². The molecule has 1 aromatic heterocycles. The topological polar surface area (TPSA) is 88.2 Å². The van der Waals surface area contributed by atoms with Gasteiger partial charge in [-0.2, -0.15) is 0 Å². The van der Waals surface area contributed by atoms with Crippen molar-refractivity contribution in [1.82, 2.24) is 10.3 Å². The fraction of sp³-hybridized carbons (Fsp3) is 0.182. The van der Waals surface area contributed by atoms with Crippen LogP contribution >= 0.6 is 0 Å². The predicted octanol–water partition coefficient (Wildman–Crippen LogP) is 3.47. The summed E-state index contributed by atoms with van der Waals surface area (Å²) >= 11 is 0. The van der Waals surface area contributed by atoms with Gasteiger partial charge in [0.15, 0.2) is 0 Å². The molecule has 0 unspecified atom stereocenters. The molecule has 0 aliphatic carbocycles. The van der Waals surface area contributed by atoms with Crippen molar-refractivity contribution in [2.45, 2.75) is 25.2 Å². The fourth-order valence-corrected chi connectivity index (χ4v) is 4.25. The average molecular weight is 410 g/mol. The number of nitrogens with zero attached hydrogens (tertiary/aromatic N) is 1. The summed E-state index contributed by atoms with van der Waals surface area (Å²) in [4.78, 5) is 16.6. The zero-order valence-electron chi connectivity index (χ0n) is 16.3. The second kappa shape index (κ2) is 8.87. The number of nitrogens with one attached hydrogen (secondary N) is 2. The Morgan fingerprint density at radius 1 is 1.00 bits per heavy atom. The maximum Gasteiger partial charge on any atom is 0.262 e. The number of carbonyl (C=O) groups excluding carboxylic acids is 1. The molecule has 7 heteroatoms. The van der Waals surface area contributed by atoms with E-state index in [9.17, 15) is 13.2 Å². The van der Waals surface area contributed by atoms with Crippen molar-refractivity contribution in [3.05, 3.63) is 89.2 Å². The van der Waals surface area contributed by atoms with Crippen LogP contribution in [0, 0.1) is 13.8 Å². The molecule has 0 aliphatic rings. The Hall–Kier alpha value is -3.19. The van der Waals surface area contributed by atoms with Crippen molar-refractivity contribution in [2.24, 2.45) is 0 Å². The summed E-state index contributed by atoms with van der Waals surface area (Å²) < 4.78 is 28.2. The molecule has 1 amide bonds. The summed E-state index contributed by atoms with van der Waals surface area (Å²) in [6.07, 6.45) is 3.73. The van der Waals surface area contributed by atoms with E-state index in [1.54, 1.807) is 24.4 Å². The molecule has 0 aliphatic heterocycles. The number of rotatable bonds is 7. The lowest BCUT2D eigenvalue weighted by Crippen LogP contribution is -2.28. The van der Waals surface area contributed by atoms with E-state index in [0.29, 0.717) is 18.7 Å². The van der Waals surface area contributed by atoms with Crippen LogP contribution in [0.25, 0.3) is 0 Å². The molecule has 6 nitrogen and oxygen atoms in total. The summed E-state index contributed by atoms with van der Waals surface area (Å²) in [5, 5.41) is 2.82. The summed E-state index contributed by atoms with van der Waals surface area (Å²) in [5.41, 5.74) is 3.57. The second-order valence-electron chi connectivity index (χ2n) is 6.79. The monoisotopic (exact) mass is 409 g/mol. The molecule has 3 rings (SSSR count). The van der Waals surface area contributed by atoms with Crippen molar-refractivity contribution in [2.75, 3.05) is 11.3 Å². The van der Waals surface area contributed by atoms with Crippen LogP contribution in [-0.2, 0) is 16.4 Å². The smallest absolute Gasteiger partial charge is 0.262 e. The van der Waals surface area contributed by atoms with E-state index in [2.05, 4.69) is 15.0 Å². The SMILES string of the molecule is Cc1cncc(NS(=O)(=O)c2ccccc2C(=O)NCCc2ccccc2C)c1. The minimum Gasteiger partial charge on any atom is -0.352 e. The molecule has 2 N–H and O–H groups in total. The number of hydrogen-bond acceptors (Lipinski definition) is 4. The Labute approximate surface area is 171 Å². The zero-order valence-corrected chi connectivity index (χ0v) is 17.2. The summed E-state index contributed by atoms with van der Waals surface area (Å²) in [6, 6.07) is 15.8. The third kappa shape index (κ3) is 5.20. The van der Waals surface area contributed by atoms with Gasteiger partial charge in [0, 0.05) is 12.7 Å². The molecule has 0 saturated heterocycles. The van der Waals surface area contributed by atoms with Gasteiger partial charge in [-0.1, -0.05) is 36.4 Å². The lowest BCUT2D eigenvalue weighted by atomic mass is 10.1. The molecular formula is C22H23N3O3S. The Morgan fingerprint density at radius 3 is 2.48 bits per heavy atom. The number of hydrogen-bond donors (Lipinski definition) is 2. The van der Waals surface area contributed by atoms with E-state index in [-0.39, 0.29) is 10.5 Å². The summed E-state index contributed by atoms with van der Waals surface area (Å²) in [5.74, 6) is -0.429. The quantitative estimate of drug-likeness (QED) is 0.625. The van der Waals surface area contributed by atoms with E-state index in [1.807, 2.05) is 38.1 Å². The van der Waals surface area contributed by atoms with E-state index < -0.39 is 15.9 Å². The van der Waals surface area contributed by atoms with E-state index in [1.165, 1.54) is 18.3 Å². The molecule has 29 heavy (non-hydrogen) atoms. The van der Waals surface area contributed by atoms with Gasteiger partial charge in [-0.05, 0) is 55.2 Å². The van der Waals surface area contributed by atoms with Crippen LogP contribution < -0.4 is 10.0 Å². The first-order chi connectivity index (χ1) is 13.9. The van der Waals surface area contributed by atoms with Crippen molar-refractivity contribution in [3.63, 3.8) is 0 Å². The first kappa shape index (κ1) is 20.5. The molecule has 0 atom stereocenters. The van der Waals surface area contributed by atoms with Crippen molar-refractivity contribution >= 4 is 21.6 Å². The van der Waals surface area contributed by atoms with Crippen LogP contribution in [0.2, 0.25) is 0 Å². The van der Waals surface area contributed by atoms with Crippen LogP contribution in [0.3, 0.4) is 0 Å².